The molecule has 6 aromatic rings. The Morgan fingerprint density at radius 2 is 1.41 bits per heavy atom. The number of nitrogens with one attached hydrogen (secondary N) is 2. The highest BCUT2D eigenvalue weighted by atomic mass is 14.8. The van der Waals surface area contributed by atoms with E-state index in [1.54, 1.807) is 0 Å². The van der Waals surface area contributed by atoms with E-state index in [1.165, 1.54) is 64.8 Å². The van der Waals surface area contributed by atoms with Crippen LogP contribution in [0.25, 0.3) is 66.5 Å². The second kappa shape index (κ2) is 5.99. The van der Waals surface area contributed by atoms with Crippen molar-refractivity contribution in [1.82, 2.24) is 9.97 Å². The van der Waals surface area contributed by atoms with Gasteiger partial charge in [-0.25, -0.2) is 0 Å². The molecule has 2 nitrogen and oxygen atoms in total. The molecule has 0 amide bonds. The summed E-state index contributed by atoms with van der Waals surface area (Å²) in [6.07, 6.45) is 5.58. The molecule has 140 valence electrons. The molecule has 0 saturated heterocycles. The quantitative estimate of drug-likeness (QED) is 0.348. The van der Waals surface area contributed by atoms with Crippen LogP contribution in [0.2, 0.25) is 0 Å². The van der Waals surface area contributed by atoms with Crippen LogP contribution in [0.4, 0.5) is 0 Å². The van der Waals surface area contributed by atoms with Crippen molar-refractivity contribution in [3.63, 3.8) is 0 Å². The summed E-state index contributed by atoms with van der Waals surface area (Å²) in [6, 6.07) is 22.0. The third-order valence-corrected chi connectivity index (χ3v) is 6.18. The monoisotopic (exact) mass is 374 g/mol. The lowest BCUT2D eigenvalue weighted by Gasteiger charge is -2.00. The molecule has 0 spiro atoms. The van der Waals surface area contributed by atoms with Crippen LogP contribution in [0.3, 0.4) is 0 Å². The molecule has 2 heterocycles. The van der Waals surface area contributed by atoms with Gasteiger partial charge in [0.2, 0.25) is 0 Å². The van der Waals surface area contributed by atoms with E-state index in [4.69, 9.17) is 0 Å². The highest BCUT2D eigenvalue weighted by molar-refractivity contribution is 6.26. The molecule has 0 aliphatic rings. The first-order valence-corrected chi connectivity index (χ1v) is 10.3. The Labute approximate surface area is 168 Å². The summed E-state index contributed by atoms with van der Waals surface area (Å²) in [6.45, 7) is 4.32. The lowest BCUT2D eigenvalue weighted by atomic mass is 10.0. The molecule has 29 heavy (non-hydrogen) atoms. The van der Waals surface area contributed by atoms with Gasteiger partial charge in [0, 0.05) is 32.6 Å². The molecular weight excluding hydrogens is 352 g/mol. The van der Waals surface area contributed by atoms with E-state index in [0.29, 0.717) is 0 Å². The molecule has 4 aromatic carbocycles. The Kier molecular flexibility index (Phi) is 3.39. The third kappa shape index (κ3) is 2.17. The van der Waals surface area contributed by atoms with Gasteiger partial charge < -0.3 is 9.97 Å². The predicted molar refractivity (Wildman–Crippen MR) is 127 cm³/mol. The van der Waals surface area contributed by atoms with Crippen LogP contribution >= 0.6 is 0 Å². The van der Waals surface area contributed by atoms with E-state index in [-0.39, 0.29) is 0 Å². The average molecular weight is 374 g/mol. The van der Waals surface area contributed by atoms with Gasteiger partial charge >= 0.3 is 0 Å². The molecule has 6 rings (SSSR count). The van der Waals surface area contributed by atoms with Gasteiger partial charge in [-0.2, -0.15) is 0 Å². The second-order valence-corrected chi connectivity index (χ2v) is 7.76. The fourth-order valence-corrected chi connectivity index (χ4v) is 4.95. The zero-order valence-electron chi connectivity index (χ0n) is 16.6. The summed E-state index contributed by atoms with van der Waals surface area (Å²) in [5.41, 5.74) is 4.76. The summed E-state index contributed by atoms with van der Waals surface area (Å²) in [5.74, 6) is 0. The molecule has 0 radical (unpaired) electrons. The van der Waals surface area contributed by atoms with Gasteiger partial charge in [0.25, 0.3) is 0 Å². The summed E-state index contributed by atoms with van der Waals surface area (Å²) in [7, 11) is 0. The van der Waals surface area contributed by atoms with E-state index >= 15 is 0 Å². The zero-order valence-corrected chi connectivity index (χ0v) is 16.6. The standard InChI is InChI=1S/C27H22N2/c1-3-7-16-10-14-22-24(18(16)4-2)20-12-13-21-25-19-9-6-5-8-17(19)11-15-23(25)29-27(21)26(20)28-22/h4-15,28-29H,3H2,1-2H3/b16-7-,18-4+. The van der Waals surface area contributed by atoms with Crippen molar-refractivity contribution < 1.29 is 0 Å². The molecular formula is C27H22N2. The Hall–Kier alpha value is -3.52. The lowest BCUT2D eigenvalue weighted by molar-refractivity contribution is 1.28. The summed E-state index contributed by atoms with van der Waals surface area (Å²) >= 11 is 0. The SMILES string of the molecule is C/C=c1\c(=C/CC)ccc2[nH]c3c(ccc4c3[nH]c3ccc5ccccc5c34)c12. The maximum Gasteiger partial charge on any atom is 0.0710 e. The lowest BCUT2D eigenvalue weighted by Crippen LogP contribution is -2.24. The van der Waals surface area contributed by atoms with Crippen molar-refractivity contribution in [2.24, 2.45) is 0 Å². The van der Waals surface area contributed by atoms with Gasteiger partial charge in [0.1, 0.15) is 0 Å². The molecule has 0 saturated carbocycles. The number of hydrogen-bond acceptors (Lipinski definition) is 0. The zero-order chi connectivity index (χ0) is 19.5. The van der Waals surface area contributed by atoms with Crippen molar-refractivity contribution in [3.8, 4) is 0 Å². The highest BCUT2D eigenvalue weighted by Crippen LogP contribution is 2.36. The Balaban J connectivity index is 1.84. The number of aromatic nitrogens is 2. The third-order valence-electron chi connectivity index (χ3n) is 6.18. The van der Waals surface area contributed by atoms with Crippen LogP contribution in [0.15, 0.2) is 60.7 Å². The number of fused-ring (bicyclic) bond motifs is 9. The average Bonchev–Trinajstić information content (AvgIpc) is 3.32. The van der Waals surface area contributed by atoms with Crippen LogP contribution in [0.5, 0.6) is 0 Å². The maximum atomic E-state index is 3.71. The van der Waals surface area contributed by atoms with E-state index in [1.807, 2.05) is 0 Å². The largest absolute Gasteiger partial charge is 0.353 e. The summed E-state index contributed by atoms with van der Waals surface area (Å²) in [4.78, 5) is 7.41. The fourth-order valence-electron chi connectivity index (χ4n) is 4.95. The number of H-pyrrole nitrogens is 2. The van der Waals surface area contributed by atoms with Crippen LogP contribution in [0, 0.1) is 0 Å². The van der Waals surface area contributed by atoms with E-state index in [9.17, 15) is 0 Å². The molecule has 2 aromatic heterocycles. The second-order valence-electron chi connectivity index (χ2n) is 7.76. The Morgan fingerprint density at radius 1 is 0.724 bits per heavy atom. The van der Waals surface area contributed by atoms with Gasteiger partial charge in [-0.05, 0) is 46.7 Å². The maximum absolute atomic E-state index is 3.71. The first-order valence-electron chi connectivity index (χ1n) is 10.3. The molecule has 0 bridgehead atoms. The topological polar surface area (TPSA) is 31.6 Å². The fraction of sp³-hybridized carbons (Fsp3) is 0.111. The van der Waals surface area contributed by atoms with Crippen molar-refractivity contribution in [1.29, 1.82) is 0 Å². The highest BCUT2D eigenvalue weighted by Gasteiger charge is 2.14. The molecule has 0 fully saturated rings. The predicted octanol–water partition coefficient (Wildman–Crippen LogP) is 6.10. The number of hydrogen-bond donors (Lipinski definition) is 2. The molecule has 0 atom stereocenters. The van der Waals surface area contributed by atoms with Gasteiger partial charge in [-0.1, -0.05) is 67.6 Å². The minimum Gasteiger partial charge on any atom is -0.353 e. The van der Waals surface area contributed by atoms with Crippen LogP contribution < -0.4 is 10.4 Å². The van der Waals surface area contributed by atoms with Gasteiger partial charge in [-0.15, -0.1) is 0 Å². The van der Waals surface area contributed by atoms with E-state index in [2.05, 4.69) is 96.6 Å². The molecule has 0 aliphatic heterocycles. The number of rotatable bonds is 1. The molecule has 2 N–H and O–H groups in total. The van der Waals surface area contributed by atoms with Crippen molar-refractivity contribution in [2.45, 2.75) is 20.3 Å². The summed E-state index contributed by atoms with van der Waals surface area (Å²) < 4.78 is 0. The molecule has 0 aliphatic carbocycles. The normalized spacial score (nSPS) is 13.7. The van der Waals surface area contributed by atoms with Gasteiger partial charge in [0.05, 0.1) is 11.0 Å². The minimum absolute atomic E-state index is 1.04. The Morgan fingerprint density at radius 3 is 2.17 bits per heavy atom. The Bertz CT molecular complexity index is 1690. The van der Waals surface area contributed by atoms with Crippen LogP contribution in [-0.4, -0.2) is 9.97 Å². The molecule has 0 unspecified atom stereocenters. The summed E-state index contributed by atoms with van der Waals surface area (Å²) in [5, 5.41) is 10.4. The molecule has 2 heteroatoms. The van der Waals surface area contributed by atoms with Gasteiger partial charge in [-0.3, -0.25) is 0 Å². The number of aromatic amines is 2. The first-order chi connectivity index (χ1) is 14.3. The van der Waals surface area contributed by atoms with E-state index in [0.717, 1.165) is 6.42 Å². The van der Waals surface area contributed by atoms with E-state index < -0.39 is 0 Å². The van der Waals surface area contributed by atoms with Crippen LogP contribution in [0.1, 0.15) is 20.3 Å². The van der Waals surface area contributed by atoms with Gasteiger partial charge in [0.15, 0.2) is 0 Å². The first kappa shape index (κ1) is 16.4. The van der Waals surface area contributed by atoms with Crippen molar-refractivity contribution >= 4 is 66.5 Å². The van der Waals surface area contributed by atoms with Crippen LogP contribution in [-0.2, 0) is 0 Å². The number of benzene rings is 4. The van der Waals surface area contributed by atoms with Crippen molar-refractivity contribution in [3.05, 3.63) is 71.1 Å². The van der Waals surface area contributed by atoms with Crippen molar-refractivity contribution in [2.75, 3.05) is 0 Å². The smallest absolute Gasteiger partial charge is 0.0710 e. The minimum atomic E-state index is 1.04.